The molecule has 2 rings (SSSR count). The van der Waals surface area contributed by atoms with E-state index in [1.807, 2.05) is 12.3 Å². The molecule has 1 heterocycles. The minimum Gasteiger partial charge on any atom is -0.364 e. The van der Waals surface area contributed by atoms with Crippen molar-refractivity contribution in [2.45, 2.75) is 13.3 Å². The lowest BCUT2D eigenvalue weighted by atomic mass is 10.1. The fourth-order valence-corrected chi connectivity index (χ4v) is 1.48. The normalized spacial score (nSPS) is 10.2. The molecule has 0 aliphatic carbocycles. The van der Waals surface area contributed by atoms with Crippen LogP contribution in [0.1, 0.15) is 16.8 Å². The molecule has 0 amide bonds. The number of benzene rings is 1. The predicted molar refractivity (Wildman–Crippen MR) is 54.8 cm³/mol. The van der Waals surface area contributed by atoms with Crippen LogP contribution in [0.5, 0.6) is 0 Å². The zero-order valence-electron chi connectivity index (χ0n) is 7.75. The van der Waals surface area contributed by atoms with Crippen molar-refractivity contribution in [1.29, 1.82) is 0 Å². The second kappa shape index (κ2) is 3.48. The summed E-state index contributed by atoms with van der Waals surface area (Å²) < 4.78 is 0. The minimum absolute atomic E-state index is 0.995. The quantitative estimate of drug-likeness (QED) is 0.715. The Balaban J connectivity index is 2.15. The summed E-state index contributed by atoms with van der Waals surface area (Å²) in [6.07, 6.45) is 3.03. The molecule has 0 atom stereocenters. The van der Waals surface area contributed by atoms with E-state index in [1.54, 1.807) is 0 Å². The summed E-state index contributed by atoms with van der Waals surface area (Å²) in [7, 11) is 0. The molecule has 0 unspecified atom stereocenters. The van der Waals surface area contributed by atoms with E-state index >= 15 is 0 Å². The third kappa shape index (κ3) is 2.00. The SMILES string of the molecule is Cc1c[nH]c(Cc2ccccc2)c1. The van der Waals surface area contributed by atoms with Crippen LogP contribution in [0.15, 0.2) is 42.6 Å². The van der Waals surface area contributed by atoms with Crippen molar-refractivity contribution in [1.82, 2.24) is 4.98 Å². The number of aryl methyl sites for hydroxylation is 1. The van der Waals surface area contributed by atoms with Gasteiger partial charge in [-0.05, 0) is 24.1 Å². The van der Waals surface area contributed by atoms with Gasteiger partial charge in [0.25, 0.3) is 0 Å². The van der Waals surface area contributed by atoms with Crippen molar-refractivity contribution in [2.75, 3.05) is 0 Å². The first-order chi connectivity index (χ1) is 6.34. The first-order valence-corrected chi connectivity index (χ1v) is 4.52. The van der Waals surface area contributed by atoms with Gasteiger partial charge in [-0.1, -0.05) is 30.3 Å². The molecule has 1 aromatic carbocycles. The van der Waals surface area contributed by atoms with E-state index in [1.165, 1.54) is 16.8 Å². The van der Waals surface area contributed by atoms with Gasteiger partial charge in [-0.25, -0.2) is 0 Å². The molecule has 0 fully saturated rings. The van der Waals surface area contributed by atoms with Crippen LogP contribution in [-0.2, 0) is 6.42 Å². The van der Waals surface area contributed by atoms with Gasteiger partial charge >= 0.3 is 0 Å². The standard InChI is InChI=1S/C12H13N/c1-10-7-12(13-9-10)8-11-5-3-2-4-6-11/h2-7,9,13H,8H2,1H3. The molecular formula is C12H13N. The molecule has 13 heavy (non-hydrogen) atoms. The third-order valence-corrected chi connectivity index (χ3v) is 2.12. The molecule has 0 saturated carbocycles. The van der Waals surface area contributed by atoms with Crippen molar-refractivity contribution in [2.24, 2.45) is 0 Å². The Morgan fingerprint density at radius 3 is 2.54 bits per heavy atom. The lowest BCUT2D eigenvalue weighted by Gasteiger charge is -1.97. The van der Waals surface area contributed by atoms with E-state index in [-0.39, 0.29) is 0 Å². The van der Waals surface area contributed by atoms with Crippen LogP contribution >= 0.6 is 0 Å². The number of hydrogen-bond donors (Lipinski definition) is 1. The van der Waals surface area contributed by atoms with Crippen LogP contribution in [0.25, 0.3) is 0 Å². The molecule has 1 N–H and O–H groups in total. The van der Waals surface area contributed by atoms with Crippen LogP contribution in [0.3, 0.4) is 0 Å². The van der Waals surface area contributed by atoms with Crippen molar-refractivity contribution < 1.29 is 0 Å². The molecule has 1 heteroatoms. The monoisotopic (exact) mass is 171 g/mol. The van der Waals surface area contributed by atoms with Gasteiger partial charge in [0.15, 0.2) is 0 Å². The molecule has 0 aliphatic heterocycles. The Kier molecular flexibility index (Phi) is 2.17. The summed E-state index contributed by atoms with van der Waals surface area (Å²) in [6.45, 7) is 2.10. The number of hydrogen-bond acceptors (Lipinski definition) is 0. The van der Waals surface area contributed by atoms with Gasteiger partial charge in [0, 0.05) is 18.3 Å². The minimum atomic E-state index is 0.995. The van der Waals surface area contributed by atoms with E-state index in [4.69, 9.17) is 0 Å². The van der Waals surface area contributed by atoms with Gasteiger partial charge in [0.2, 0.25) is 0 Å². The number of aromatic nitrogens is 1. The number of H-pyrrole nitrogens is 1. The molecule has 2 aromatic rings. The fourth-order valence-electron chi connectivity index (χ4n) is 1.48. The Bertz CT molecular complexity index is 373. The highest BCUT2D eigenvalue weighted by atomic mass is 14.7. The molecule has 1 nitrogen and oxygen atoms in total. The first-order valence-electron chi connectivity index (χ1n) is 4.52. The Hall–Kier alpha value is -1.50. The van der Waals surface area contributed by atoms with Gasteiger partial charge in [-0.2, -0.15) is 0 Å². The van der Waals surface area contributed by atoms with Crippen LogP contribution < -0.4 is 0 Å². The Labute approximate surface area is 78.4 Å². The molecule has 66 valence electrons. The zero-order chi connectivity index (χ0) is 9.10. The third-order valence-electron chi connectivity index (χ3n) is 2.12. The summed E-state index contributed by atoms with van der Waals surface area (Å²) in [4.78, 5) is 3.25. The number of aromatic amines is 1. The number of rotatable bonds is 2. The fraction of sp³-hybridized carbons (Fsp3) is 0.167. The number of nitrogens with one attached hydrogen (secondary N) is 1. The maximum atomic E-state index is 3.25. The second-order valence-electron chi connectivity index (χ2n) is 3.36. The first kappa shape index (κ1) is 8.11. The highest BCUT2D eigenvalue weighted by Crippen LogP contribution is 2.08. The van der Waals surface area contributed by atoms with Gasteiger partial charge in [0.05, 0.1) is 0 Å². The molecule has 0 bridgehead atoms. The summed E-state index contributed by atoms with van der Waals surface area (Å²) in [5.41, 5.74) is 3.93. The summed E-state index contributed by atoms with van der Waals surface area (Å²) >= 11 is 0. The lowest BCUT2D eigenvalue weighted by Crippen LogP contribution is -1.86. The highest BCUT2D eigenvalue weighted by molar-refractivity contribution is 5.24. The summed E-state index contributed by atoms with van der Waals surface area (Å²) in [5, 5.41) is 0. The van der Waals surface area contributed by atoms with Crippen LogP contribution in [-0.4, -0.2) is 4.98 Å². The van der Waals surface area contributed by atoms with Crippen LogP contribution in [0, 0.1) is 6.92 Å². The summed E-state index contributed by atoms with van der Waals surface area (Å²) in [5.74, 6) is 0. The second-order valence-corrected chi connectivity index (χ2v) is 3.36. The van der Waals surface area contributed by atoms with E-state index < -0.39 is 0 Å². The van der Waals surface area contributed by atoms with Crippen LogP contribution in [0.2, 0.25) is 0 Å². The Morgan fingerprint density at radius 2 is 1.92 bits per heavy atom. The molecule has 0 aliphatic rings. The van der Waals surface area contributed by atoms with Gasteiger partial charge in [-0.15, -0.1) is 0 Å². The van der Waals surface area contributed by atoms with E-state index in [0.717, 1.165) is 6.42 Å². The van der Waals surface area contributed by atoms with Crippen molar-refractivity contribution in [3.63, 3.8) is 0 Å². The largest absolute Gasteiger partial charge is 0.364 e. The van der Waals surface area contributed by atoms with E-state index in [2.05, 4.69) is 42.2 Å². The lowest BCUT2D eigenvalue weighted by molar-refractivity contribution is 1.11. The maximum absolute atomic E-state index is 3.25. The highest BCUT2D eigenvalue weighted by Gasteiger charge is 1.96. The zero-order valence-corrected chi connectivity index (χ0v) is 7.75. The van der Waals surface area contributed by atoms with Crippen LogP contribution in [0.4, 0.5) is 0 Å². The van der Waals surface area contributed by atoms with Gasteiger partial charge in [-0.3, -0.25) is 0 Å². The van der Waals surface area contributed by atoms with E-state index in [0.29, 0.717) is 0 Å². The molecular weight excluding hydrogens is 158 g/mol. The molecule has 0 radical (unpaired) electrons. The summed E-state index contributed by atoms with van der Waals surface area (Å²) in [6, 6.07) is 12.7. The predicted octanol–water partition coefficient (Wildman–Crippen LogP) is 2.91. The van der Waals surface area contributed by atoms with Gasteiger partial charge in [0.1, 0.15) is 0 Å². The Morgan fingerprint density at radius 1 is 1.15 bits per heavy atom. The maximum Gasteiger partial charge on any atom is 0.0194 e. The molecule has 0 saturated heterocycles. The van der Waals surface area contributed by atoms with Crippen molar-refractivity contribution in [3.05, 3.63) is 59.4 Å². The average Bonchev–Trinajstić information content (AvgIpc) is 2.53. The topological polar surface area (TPSA) is 15.8 Å². The average molecular weight is 171 g/mol. The van der Waals surface area contributed by atoms with E-state index in [9.17, 15) is 0 Å². The van der Waals surface area contributed by atoms with Gasteiger partial charge < -0.3 is 4.98 Å². The smallest absolute Gasteiger partial charge is 0.0194 e. The van der Waals surface area contributed by atoms with Crippen molar-refractivity contribution >= 4 is 0 Å². The van der Waals surface area contributed by atoms with Crippen molar-refractivity contribution in [3.8, 4) is 0 Å². The molecule has 0 spiro atoms. The molecule has 1 aromatic heterocycles.